The van der Waals surface area contributed by atoms with E-state index in [0.29, 0.717) is 25.6 Å². The van der Waals surface area contributed by atoms with Crippen molar-refractivity contribution in [3.63, 3.8) is 0 Å². The lowest BCUT2D eigenvalue weighted by Crippen LogP contribution is -2.47. The summed E-state index contributed by atoms with van der Waals surface area (Å²) in [7, 11) is 0. The van der Waals surface area contributed by atoms with Gasteiger partial charge in [-0.05, 0) is 34.7 Å². The molecule has 5 nitrogen and oxygen atoms in total. The van der Waals surface area contributed by atoms with Crippen LogP contribution in [-0.2, 0) is 13.0 Å². The van der Waals surface area contributed by atoms with Gasteiger partial charge in [-0.3, -0.25) is 4.90 Å². The molecule has 0 aromatic heterocycles. The van der Waals surface area contributed by atoms with Gasteiger partial charge in [-0.25, -0.2) is 4.79 Å². The van der Waals surface area contributed by atoms with Gasteiger partial charge < -0.3 is 14.7 Å². The van der Waals surface area contributed by atoms with Crippen molar-refractivity contribution in [3.8, 4) is 5.75 Å². The number of piperazine rings is 1. The molecule has 150 valence electrons. The van der Waals surface area contributed by atoms with Gasteiger partial charge in [0.2, 0.25) is 0 Å². The summed E-state index contributed by atoms with van der Waals surface area (Å²) in [4.78, 5) is 14.8. The average Bonchev–Trinajstić information content (AvgIpc) is 2.70. The Labute approximate surface area is 167 Å². The molecule has 0 bridgehead atoms. The first-order valence-electron chi connectivity index (χ1n) is 10.0. The fraction of sp³-hybridized carbons (Fsp3) is 0.435. The Hall–Kier alpha value is -2.53. The summed E-state index contributed by atoms with van der Waals surface area (Å²) >= 11 is 0. The lowest BCUT2D eigenvalue weighted by molar-refractivity contribution is 0.103. The van der Waals surface area contributed by atoms with Crippen molar-refractivity contribution < 1.29 is 14.6 Å². The Morgan fingerprint density at radius 3 is 2.36 bits per heavy atom. The molecule has 28 heavy (non-hydrogen) atoms. The summed E-state index contributed by atoms with van der Waals surface area (Å²) in [6.45, 7) is 8.66. The fourth-order valence-corrected chi connectivity index (χ4v) is 3.42. The van der Waals surface area contributed by atoms with Crippen LogP contribution < -0.4 is 4.74 Å². The minimum absolute atomic E-state index is 0.503. The smallest absolute Gasteiger partial charge is 0.407 e. The zero-order valence-electron chi connectivity index (χ0n) is 16.8. The molecular weight excluding hydrogens is 352 g/mol. The van der Waals surface area contributed by atoms with E-state index in [1.54, 1.807) is 0 Å². The number of benzene rings is 2. The van der Waals surface area contributed by atoms with Crippen LogP contribution in [-0.4, -0.2) is 53.8 Å². The van der Waals surface area contributed by atoms with Crippen LogP contribution in [0.2, 0.25) is 0 Å². The van der Waals surface area contributed by atoms with Gasteiger partial charge in [0.25, 0.3) is 0 Å². The molecule has 1 N–H and O–H groups in total. The van der Waals surface area contributed by atoms with Gasteiger partial charge in [-0.2, -0.15) is 0 Å². The molecule has 2 aromatic carbocycles. The molecule has 0 aliphatic carbocycles. The number of amides is 1. The van der Waals surface area contributed by atoms with Gasteiger partial charge in [0.15, 0.2) is 0 Å². The minimum Gasteiger partial charge on any atom is -0.493 e. The zero-order valence-corrected chi connectivity index (χ0v) is 16.8. The number of nitrogens with zero attached hydrogens (tertiary/aromatic N) is 2. The molecule has 1 saturated heterocycles. The van der Waals surface area contributed by atoms with E-state index in [1.165, 1.54) is 21.6 Å². The first kappa shape index (κ1) is 20.2. The van der Waals surface area contributed by atoms with Crippen LogP contribution in [0.25, 0.3) is 0 Å². The van der Waals surface area contributed by atoms with Gasteiger partial charge in [-0.15, -0.1) is 0 Å². The van der Waals surface area contributed by atoms with Crippen LogP contribution in [0, 0.1) is 0 Å². The summed E-state index contributed by atoms with van der Waals surface area (Å²) in [5.74, 6) is 1.44. The third-order valence-electron chi connectivity index (χ3n) is 5.26. The second-order valence-corrected chi connectivity index (χ2v) is 7.69. The molecule has 1 fully saturated rings. The highest BCUT2D eigenvalue weighted by atomic mass is 16.5. The van der Waals surface area contributed by atoms with Gasteiger partial charge in [0.1, 0.15) is 5.75 Å². The Bertz CT molecular complexity index is 766. The highest BCUT2D eigenvalue weighted by molar-refractivity contribution is 5.65. The van der Waals surface area contributed by atoms with Crippen LogP contribution in [0.15, 0.2) is 48.5 Å². The Morgan fingerprint density at radius 2 is 1.71 bits per heavy atom. The quantitative estimate of drug-likeness (QED) is 0.779. The number of rotatable bonds is 7. The molecule has 2 aromatic rings. The summed E-state index contributed by atoms with van der Waals surface area (Å²) in [5.41, 5.74) is 3.82. The molecule has 0 radical (unpaired) electrons. The predicted octanol–water partition coefficient (Wildman–Crippen LogP) is 4.23. The SMILES string of the molecule is CC(C)c1cccc(OCCc2ccc(CN3CCN(C(=O)O)CC3)cc2)c1. The molecule has 0 unspecified atom stereocenters. The highest BCUT2D eigenvalue weighted by Gasteiger charge is 2.20. The van der Waals surface area contributed by atoms with Crippen LogP contribution in [0.4, 0.5) is 4.79 Å². The monoisotopic (exact) mass is 382 g/mol. The van der Waals surface area contributed by atoms with Gasteiger partial charge in [0, 0.05) is 39.1 Å². The van der Waals surface area contributed by atoms with Gasteiger partial charge in [0.05, 0.1) is 6.61 Å². The lowest BCUT2D eigenvalue weighted by Gasteiger charge is -2.33. The Morgan fingerprint density at radius 1 is 1.04 bits per heavy atom. The van der Waals surface area contributed by atoms with E-state index in [4.69, 9.17) is 9.84 Å². The first-order chi connectivity index (χ1) is 13.5. The maximum Gasteiger partial charge on any atom is 0.407 e. The number of hydrogen-bond donors (Lipinski definition) is 1. The van der Waals surface area contributed by atoms with E-state index >= 15 is 0 Å². The van der Waals surface area contributed by atoms with E-state index in [1.807, 2.05) is 6.07 Å². The van der Waals surface area contributed by atoms with Crippen molar-refractivity contribution in [1.82, 2.24) is 9.80 Å². The number of hydrogen-bond acceptors (Lipinski definition) is 3. The van der Waals surface area contributed by atoms with Crippen molar-refractivity contribution in [1.29, 1.82) is 0 Å². The zero-order chi connectivity index (χ0) is 19.9. The van der Waals surface area contributed by atoms with Crippen molar-refractivity contribution in [2.24, 2.45) is 0 Å². The number of carbonyl (C=O) groups is 1. The molecule has 5 heteroatoms. The Kier molecular flexibility index (Phi) is 6.93. The first-order valence-corrected chi connectivity index (χ1v) is 10.0. The normalized spacial score (nSPS) is 15.0. The summed E-state index contributed by atoms with van der Waals surface area (Å²) in [6.07, 6.45) is 0.0610. The van der Waals surface area contributed by atoms with E-state index in [-0.39, 0.29) is 0 Å². The van der Waals surface area contributed by atoms with Crippen molar-refractivity contribution in [3.05, 3.63) is 65.2 Å². The number of carboxylic acid groups (broad SMARTS) is 1. The molecule has 1 amide bonds. The van der Waals surface area contributed by atoms with Crippen molar-refractivity contribution >= 4 is 6.09 Å². The molecule has 1 aliphatic heterocycles. The Balaban J connectivity index is 1.43. The largest absolute Gasteiger partial charge is 0.493 e. The average molecular weight is 383 g/mol. The van der Waals surface area contributed by atoms with Crippen LogP contribution in [0.5, 0.6) is 5.75 Å². The van der Waals surface area contributed by atoms with Crippen molar-refractivity contribution in [2.45, 2.75) is 32.7 Å². The van der Waals surface area contributed by atoms with E-state index in [0.717, 1.165) is 31.8 Å². The molecule has 1 aliphatic rings. The fourth-order valence-electron chi connectivity index (χ4n) is 3.42. The molecule has 0 saturated carbocycles. The van der Waals surface area contributed by atoms with Gasteiger partial charge in [-0.1, -0.05) is 50.2 Å². The second kappa shape index (κ2) is 9.60. The third-order valence-corrected chi connectivity index (χ3v) is 5.26. The van der Waals surface area contributed by atoms with Crippen LogP contribution in [0.3, 0.4) is 0 Å². The van der Waals surface area contributed by atoms with Gasteiger partial charge >= 0.3 is 6.09 Å². The summed E-state index contributed by atoms with van der Waals surface area (Å²) in [6, 6.07) is 17.0. The standard InChI is InChI=1S/C23H30N2O3/c1-18(2)21-4-3-5-22(16-21)28-15-10-19-6-8-20(9-7-19)17-24-11-13-25(14-12-24)23(26)27/h3-9,16,18H,10-15,17H2,1-2H3,(H,26,27). The predicted molar refractivity (Wildman–Crippen MR) is 111 cm³/mol. The topological polar surface area (TPSA) is 53.0 Å². The molecule has 0 atom stereocenters. The minimum atomic E-state index is -0.817. The van der Waals surface area contributed by atoms with E-state index < -0.39 is 6.09 Å². The summed E-state index contributed by atoms with van der Waals surface area (Å²) < 4.78 is 5.92. The number of ether oxygens (including phenoxy) is 1. The molecular formula is C23H30N2O3. The van der Waals surface area contributed by atoms with E-state index in [2.05, 4.69) is 61.2 Å². The second-order valence-electron chi connectivity index (χ2n) is 7.69. The maximum absolute atomic E-state index is 11.0. The summed E-state index contributed by atoms with van der Waals surface area (Å²) in [5, 5.41) is 9.02. The van der Waals surface area contributed by atoms with Crippen LogP contribution >= 0.6 is 0 Å². The van der Waals surface area contributed by atoms with E-state index in [9.17, 15) is 4.79 Å². The molecule has 0 spiro atoms. The molecule has 1 heterocycles. The lowest BCUT2D eigenvalue weighted by atomic mass is 10.0. The third kappa shape index (κ3) is 5.73. The highest BCUT2D eigenvalue weighted by Crippen LogP contribution is 2.20. The van der Waals surface area contributed by atoms with Crippen LogP contribution in [0.1, 0.15) is 36.5 Å². The molecule has 3 rings (SSSR count). The maximum atomic E-state index is 11.0. The van der Waals surface area contributed by atoms with Crippen molar-refractivity contribution in [2.75, 3.05) is 32.8 Å².